The predicted molar refractivity (Wildman–Crippen MR) is 66.3 cm³/mol. The SMILES string of the molecule is CC[C@@H]1C[C@@H](CC)P1CC1C=CC=C1. The molecule has 0 spiro atoms. The summed E-state index contributed by atoms with van der Waals surface area (Å²) in [6.45, 7) is 4.73. The summed E-state index contributed by atoms with van der Waals surface area (Å²) in [7, 11) is 0.362. The van der Waals surface area contributed by atoms with Gasteiger partial charge < -0.3 is 0 Å². The summed E-state index contributed by atoms with van der Waals surface area (Å²) >= 11 is 0. The minimum Gasteiger partial charge on any atom is -0.0994 e. The Hall–Kier alpha value is -0.0900. The Morgan fingerprint density at radius 1 is 1.07 bits per heavy atom. The van der Waals surface area contributed by atoms with Gasteiger partial charge in [0.05, 0.1) is 0 Å². The van der Waals surface area contributed by atoms with E-state index in [4.69, 9.17) is 0 Å². The standard InChI is InChI=1S/C13H21P/c1-3-12-9-13(4-2)14(12)10-11-7-5-6-8-11/h5-8,11-13H,3-4,9-10H2,1-2H3/t12-,13-/m1/s1. The highest BCUT2D eigenvalue weighted by molar-refractivity contribution is 7.60. The van der Waals surface area contributed by atoms with E-state index in [2.05, 4.69) is 38.2 Å². The zero-order valence-electron chi connectivity index (χ0n) is 9.32. The molecule has 2 aliphatic rings. The highest BCUT2D eigenvalue weighted by atomic mass is 31.1. The van der Waals surface area contributed by atoms with Gasteiger partial charge in [-0.25, -0.2) is 0 Å². The third-order valence-corrected chi connectivity index (χ3v) is 7.55. The first-order chi connectivity index (χ1) is 6.85. The molecule has 2 rings (SSSR count). The van der Waals surface area contributed by atoms with E-state index in [1.807, 2.05) is 0 Å². The maximum Gasteiger partial charge on any atom is -0.000779 e. The molecular formula is C13H21P. The van der Waals surface area contributed by atoms with Crippen LogP contribution < -0.4 is 0 Å². The zero-order valence-corrected chi connectivity index (χ0v) is 10.2. The lowest BCUT2D eigenvalue weighted by molar-refractivity contribution is 0.598. The van der Waals surface area contributed by atoms with Crippen molar-refractivity contribution in [3.05, 3.63) is 24.3 Å². The normalized spacial score (nSPS) is 32.4. The second-order valence-electron chi connectivity index (χ2n) is 4.49. The second-order valence-corrected chi connectivity index (χ2v) is 7.34. The van der Waals surface area contributed by atoms with E-state index in [0.29, 0.717) is 7.92 Å². The van der Waals surface area contributed by atoms with Crippen LogP contribution in [-0.4, -0.2) is 17.5 Å². The smallest absolute Gasteiger partial charge is 0.000779 e. The van der Waals surface area contributed by atoms with Crippen LogP contribution in [0.3, 0.4) is 0 Å². The van der Waals surface area contributed by atoms with Crippen molar-refractivity contribution < 1.29 is 0 Å². The van der Waals surface area contributed by atoms with Crippen molar-refractivity contribution in [2.45, 2.75) is 44.4 Å². The van der Waals surface area contributed by atoms with E-state index in [1.54, 1.807) is 0 Å². The quantitative estimate of drug-likeness (QED) is 0.608. The molecule has 0 saturated carbocycles. The number of hydrogen-bond acceptors (Lipinski definition) is 0. The molecule has 0 aromatic rings. The van der Waals surface area contributed by atoms with Crippen LogP contribution >= 0.6 is 7.92 Å². The number of rotatable bonds is 4. The third-order valence-electron chi connectivity index (χ3n) is 3.67. The van der Waals surface area contributed by atoms with Crippen molar-refractivity contribution >= 4 is 7.92 Å². The van der Waals surface area contributed by atoms with Crippen LogP contribution in [0, 0.1) is 5.92 Å². The molecule has 1 saturated heterocycles. The Balaban J connectivity index is 1.87. The molecule has 1 fully saturated rings. The van der Waals surface area contributed by atoms with Crippen LogP contribution in [0.1, 0.15) is 33.1 Å². The third kappa shape index (κ3) is 1.96. The van der Waals surface area contributed by atoms with E-state index in [1.165, 1.54) is 25.4 Å². The lowest BCUT2D eigenvalue weighted by atomic mass is 10.1. The molecule has 0 amide bonds. The molecule has 1 heterocycles. The first-order valence-corrected chi connectivity index (χ1v) is 7.62. The van der Waals surface area contributed by atoms with Crippen molar-refractivity contribution in [3.63, 3.8) is 0 Å². The molecule has 0 radical (unpaired) electrons. The molecule has 1 aliphatic carbocycles. The van der Waals surface area contributed by atoms with Crippen molar-refractivity contribution in [2.24, 2.45) is 5.92 Å². The van der Waals surface area contributed by atoms with E-state index >= 15 is 0 Å². The number of hydrogen-bond donors (Lipinski definition) is 0. The highest BCUT2D eigenvalue weighted by Gasteiger charge is 2.38. The maximum atomic E-state index is 2.38. The summed E-state index contributed by atoms with van der Waals surface area (Å²) < 4.78 is 0. The van der Waals surface area contributed by atoms with Gasteiger partial charge in [-0.15, -0.1) is 0 Å². The van der Waals surface area contributed by atoms with Gasteiger partial charge >= 0.3 is 0 Å². The second kappa shape index (κ2) is 4.62. The highest BCUT2D eigenvalue weighted by Crippen LogP contribution is 2.62. The molecule has 1 heteroatoms. The molecule has 1 aliphatic heterocycles. The molecule has 0 bridgehead atoms. The first-order valence-electron chi connectivity index (χ1n) is 5.95. The molecule has 14 heavy (non-hydrogen) atoms. The van der Waals surface area contributed by atoms with E-state index in [-0.39, 0.29) is 0 Å². The molecule has 0 unspecified atom stereocenters. The Kier molecular flexibility index (Phi) is 3.44. The van der Waals surface area contributed by atoms with Crippen molar-refractivity contribution in [1.82, 2.24) is 0 Å². The predicted octanol–water partition coefficient (Wildman–Crippen LogP) is 4.17. The molecule has 0 nitrogen and oxygen atoms in total. The molecule has 0 aromatic carbocycles. The van der Waals surface area contributed by atoms with Gasteiger partial charge in [-0.1, -0.05) is 46.1 Å². The van der Waals surface area contributed by atoms with Crippen LogP contribution in [-0.2, 0) is 0 Å². The van der Waals surface area contributed by atoms with Gasteiger partial charge in [0.1, 0.15) is 0 Å². The summed E-state index contributed by atoms with van der Waals surface area (Å²) in [5, 5.41) is 0. The Morgan fingerprint density at radius 3 is 2.14 bits per heavy atom. The fraction of sp³-hybridized carbons (Fsp3) is 0.692. The summed E-state index contributed by atoms with van der Waals surface area (Å²) in [4.78, 5) is 0. The Bertz CT molecular complexity index is 220. The summed E-state index contributed by atoms with van der Waals surface area (Å²) in [6.07, 6.45) is 15.0. The van der Waals surface area contributed by atoms with E-state index in [0.717, 1.165) is 17.2 Å². The van der Waals surface area contributed by atoms with Gasteiger partial charge in [0.25, 0.3) is 0 Å². The summed E-state index contributed by atoms with van der Waals surface area (Å²) in [5.74, 6) is 0.782. The molecular weight excluding hydrogens is 187 g/mol. The zero-order chi connectivity index (χ0) is 9.97. The molecule has 2 atom stereocenters. The van der Waals surface area contributed by atoms with Crippen LogP contribution in [0.5, 0.6) is 0 Å². The van der Waals surface area contributed by atoms with Gasteiger partial charge in [0.15, 0.2) is 0 Å². The lowest BCUT2D eigenvalue weighted by Gasteiger charge is -2.46. The largest absolute Gasteiger partial charge is 0.0994 e. The maximum absolute atomic E-state index is 2.38. The first kappa shape index (κ1) is 10.4. The van der Waals surface area contributed by atoms with Gasteiger partial charge in [0, 0.05) is 0 Å². The van der Waals surface area contributed by atoms with Gasteiger partial charge in [-0.3, -0.25) is 0 Å². The topological polar surface area (TPSA) is 0 Å². The average Bonchev–Trinajstić information content (AvgIpc) is 2.66. The van der Waals surface area contributed by atoms with Gasteiger partial charge in [0.2, 0.25) is 0 Å². The fourth-order valence-electron chi connectivity index (χ4n) is 2.69. The number of allylic oxidation sites excluding steroid dienone is 4. The molecule has 0 N–H and O–H groups in total. The van der Waals surface area contributed by atoms with Crippen molar-refractivity contribution in [2.75, 3.05) is 6.16 Å². The van der Waals surface area contributed by atoms with Crippen molar-refractivity contribution in [3.8, 4) is 0 Å². The van der Waals surface area contributed by atoms with Crippen LogP contribution in [0.25, 0.3) is 0 Å². The Morgan fingerprint density at radius 2 is 1.64 bits per heavy atom. The minimum absolute atomic E-state index is 0.362. The Labute approximate surface area is 89.2 Å². The summed E-state index contributed by atoms with van der Waals surface area (Å²) in [6, 6.07) is 0. The van der Waals surface area contributed by atoms with Gasteiger partial charge in [-0.05, 0) is 42.7 Å². The van der Waals surface area contributed by atoms with Crippen LogP contribution in [0.4, 0.5) is 0 Å². The monoisotopic (exact) mass is 208 g/mol. The van der Waals surface area contributed by atoms with E-state index in [9.17, 15) is 0 Å². The average molecular weight is 208 g/mol. The van der Waals surface area contributed by atoms with E-state index < -0.39 is 0 Å². The van der Waals surface area contributed by atoms with Crippen LogP contribution in [0.15, 0.2) is 24.3 Å². The van der Waals surface area contributed by atoms with Gasteiger partial charge in [-0.2, -0.15) is 0 Å². The molecule has 0 aromatic heterocycles. The van der Waals surface area contributed by atoms with Crippen molar-refractivity contribution in [1.29, 1.82) is 0 Å². The lowest BCUT2D eigenvalue weighted by Crippen LogP contribution is -2.31. The summed E-state index contributed by atoms with van der Waals surface area (Å²) in [5.41, 5.74) is 2.19. The minimum atomic E-state index is 0.362. The fourth-order valence-corrected chi connectivity index (χ4v) is 6.21. The molecule has 78 valence electrons. The van der Waals surface area contributed by atoms with Crippen LogP contribution in [0.2, 0.25) is 0 Å².